The Labute approximate surface area is 239 Å². The summed E-state index contributed by atoms with van der Waals surface area (Å²) < 4.78 is 40.7. The molecule has 1 aliphatic heterocycles. The van der Waals surface area contributed by atoms with Crippen LogP contribution in [0.5, 0.6) is 0 Å². The van der Waals surface area contributed by atoms with Crippen LogP contribution in [-0.4, -0.2) is 54.0 Å². The van der Waals surface area contributed by atoms with Crippen molar-refractivity contribution in [1.29, 1.82) is 0 Å². The van der Waals surface area contributed by atoms with Gasteiger partial charge < -0.3 is 10.2 Å². The van der Waals surface area contributed by atoms with E-state index in [0.717, 1.165) is 37.7 Å². The van der Waals surface area contributed by atoms with Gasteiger partial charge in [-0.1, -0.05) is 73.9 Å². The van der Waals surface area contributed by atoms with Gasteiger partial charge in [0.25, 0.3) is 15.9 Å². The second-order valence-electron chi connectivity index (χ2n) is 10.5. The van der Waals surface area contributed by atoms with Crippen LogP contribution in [-0.2, 0) is 32.6 Å². The van der Waals surface area contributed by atoms with E-state index in [1.165, 1.54) is 47.4 Å². The van der Waals surface area contributed by atoms with Crippen molar-refractivity contribution in [2.75, 3.05) is 6.54 Å². The van der Waals surface area contributed by atoms with Crippen molar-refractivity contribution in [3.05, 3.63) is 101 Å². The van der Waals surface area contributed by atoms with Crippen molar-refractivity contribution < 1.29 is 27.2 Å². The van der Waals surface area contributed by atoms with E-state index in [4.69, 9.17) is 0 Å². The fourth-order valence-electron chi connectivity index (χ4n) is 5.49. The molecule has 0 spiro atoms. The predicted molar refractivity (Wildman–Crippen MR) is 151 cm³/mol. The van der Waals surface area contributed by atoms with E-state index in [0.29, 0.717) is 9.87 Å². The normalized spacial score (nSPS) is 17.1. The molecule has 1 aliphatic carbocycles. The lowest BCUT2D eigenvalue weighted by Crippen LogP contribution is -2.55. The predicted octanol–water partition coefficient (Wildman–Crippen LogP) is 4.06. The Kier molecular flexibility index (Phi) is 8.49. The first-order valence-electron chi connectivity index (χ1n) is 13.8. The third-order valence-electron chi connectivity index (χ3n) is 7.68. The Morgan fingerprint density at radius 1 is 0.902 bits per heavy atom. The van der Waals surface area contributed by atoms with Crippen LogP contribution in [0.15, 0.2) is 83.8 Å². The molecule has 1 atom stereocenters. The largest absolute Gasteiger partial charge is 0.352 e. The molecule has 214 valence electrons. The van der Waals surface area contributed by atoms with Gasteiger partial charge in [0, 0.05) is 19.0 Å². The number of hydrogen-bond donors (Lipinski definition) is 1. The molecule has 5 rings (SSSR count). The summed E-state index contributed by atoms with van der Waals surface area (Å²) in [6, 6.07) is 19.6. The van der Waals surface area contributed by atoms with E-state index >= 15 is 0 Å². The van der Waals surface area contributed by atoms with Crippen LogP contribution in [0.1, 0.15) is 53.6 Å². The number of rotatable bonds is 9. The third kappa shape index (κ3) is 6.32. The lowest BCUT2D eigenvalue weighted by molar-refractivity contribution is -0.141. The van der Waals surface area contributed by atoms with Crippen LogP contribution < -0.4 is 5.32 Å². The van der Waals surface area contributed by atoms with E-state index in [-0.39, 0.29) is 35.4 Å². The van der Waals surface area contributed by atoms with Gasteiger partial charge in [-0.15, -0.1) is 0 Å². The number of amides is 3. The van der Waals surface area contributed by atoms with Gasteiger partial charge >= 0.3 is 0 Å². The molecule has 8 nitrogen and oxygen atoms in total. The number of benzene rings is 3. The zero-order valence-electron chi connectivity index (χ0n) is 22.5. The summed E-state index contributed by atoms with van der Waals surface area (Å²) in [5.74, 6) is -2.30. The summed E-state index contributed by atoms with van der Waals surface area (Å²) in [7, 11) is -4.24. The summed E-state index contributed by atoms with van der Waals surface area (Å²) in [4.78, 5) is 42.1. The monoisotopic (exact) mass is 577 g/mol. The molecule has 3 aromatic rings. The molecule has 1 heterocycles. The van der Waals surface area contributed by atoms with Crippen molar-refractivity contribution in [2.24, 2.45) is 0 Å². The van der Waals surface area contributed by atoms with Crippen LogP contribution in [0.3, 0.4) is 0 Å². The number of carbonyl (C=O) groups excluding carboxylic acids is 3. The molecule has 0 bridgehead atoms. The molecule has 0 saturated heterocycles. The minimum atomic E-state index is -4.24. The molecule has 1 saturated carbocycles. The Morgan fingerprint density at radius 2 is 1.56 bits per heavy atom. The molecule has 41 heavy (non-hydrogen) atoms. The number of sulfonamides is 1. The van der Waals surface area contributed by atoms with Gasteiger partial charge in [0.05, 0.1) is 5.56 Å². The standard InChI is InChI=1S/C31H32FN3O5S/c32-24-17-15-23(16-18-24)20-34(29(36)21-35-31(38)26-13-7-8-14-28(26)41(35,39)40)27(19-22-9-3-1-4-10-22)30(37)33-25-11-5-2-6-12-25/h1,3-4,7-10,13-18,25,27H,2,5-6,11-12,19-21H2,(H,33,37). The van der Waals surface area contributed by atoms with Crippen LogP contribution in [0, 0.1) is 5.82 Å². The third-order valence-corrected chi connectivity index (χ3v) is 9.47. The quantitative estimate of drug-likeness (QED) is 0.413. The number of hydrogen-bond acceptors (Lipinski definition) is 5. The van der Waals surface area contributed by atoms with E-state index in [9.17, 15) is 27.2 Å². The summed E-state index contributed by atoms with van der Waals surface area (Å²) >= 11 is 0. The second-order valence-corrected chi connectivity index (χ2v) is 12.3. The van der Waals surface area contributed by atoms with Crippen molar-refractivity contribution in [3.8, 4) is 0 Å². The van der Waals surface area contributed by atoms with Gasteiger partial charge in [-0.3, -0.25) is 14.4 Å². The topological polar surface area (TPSA) is 104 Å². The SMILES string of the molecule is O=C(NC1CCCCC1)C(Cc1ccccc1)N(Cc1ccc(F)cc1)C(=O)CN1C(=O)c2ccccc2S1(=O)=O. The van der Waals surface area contributed by atoms with Gasteiger partial charge in [-0.25, -0.2) is 17.1 Å². The zero-order chi connectivity index (χ0) is 29.0. The van der Waals surface area contributed by atoms with Crippen LogP contribution >= 0.6 is 0 Å². The maximum Gasteiger partial charge on any atom is 0.269 e. The zero-order valence-corrected chi connectivity index (χ0v) is 23.4. The molecule has 1 unspecified atom stereocenters. The fourth-order valence-corrected chi connectivity index (χ4v) is 7.00. The Morgan fingerprint density at radius 3 is 2.24 bits per heavy atom. The van der Waals surface area contributed by atoms with Gasteiger partial charge in [0.2, 0.25) is 11.8 Å². The van der Waals surface area contributed by atoms with Gasteiger partial charge in [0.1, 0.15) is 23.3 Å². The smallest absolute Gasteiger partial charge is 0.269 e. The first-order chi connectivity index (χ1) is 19.7. The molecule has 3 amide bonds. The second kappa shape index (κ2) is 12.2. The Hall–Kier alpha value is -4.05. The molecular weight excluding hydrogens is 545 g/mol. The summed E-state index contributed by atoms with van der Waals surface area (Å²) in [6.45, 7) is -0.844. The fraction of sp³-hybridized carbons (Fsp3) is 0.323. The summed E-state index contributed by atoms with van der Waals surface area (Å²) in [6.07, 6.45) is 4.97. The number of fused-ring (bicyclic) bond motifs is 1. The molecule has 1 N–H and O–H groups in total. The minimum absolute atomic E-state index is 0.00117. The first kappa shape index (κ1) is 28.5. The van der Waals surface area contributed by atoms with Crippen LogP contribution in [0.2, 0.25) is 0 Å². The maximum atomic E-state index is 14.0. The lowest BCUT2D eigenvalue weighted by atomic mass is 9.94. The van der Waals surface area contributed by atoms with E-state index in [1.807, 2.05) is 30.3 Å². The highest BCUT2D eigenvalue weighted by molar-refractivity contribution is 7.90. The maximum absolute atomic E-state index is 14.0. The summed E-state index contributed by atoms with van der Waals surface area (Å²) in [5.41, 5.74) is 1.37. The number of halogens is 1. The number of nitrogens with zero attached hydrogens (tertiary/aromatic N) is 2. The number of nitrogens with one attached hydrogen (secondary N) is 1. The number of carbonyl (C=O) groups is 3. The molecule has 10 heteroatoms. The molecule has 0 aromatic heterocycles. The van der Waals surface area contributed by atoms with E-state index in [1.54, 1.807) is 6.07 Å². The molecule has 3 aromatic carbocycles. The van der Waals surface area contributed by atoms with Crippen molar-refractivity contribution in [3.63, 3.8) is 0 Å². The van der Waals surface area contributed by atoms with E-state index < -0.39 is 40.2 Å². The Balaban J connectivity index is 1.48. The van der Waals surface area contributed by atoms with Crippen LogP contribution in [0.4, 0.5) is 4.39 Å². The molecule has 2 aliphatic rings. The Bertz CT molecular complexity index is 1520. The van der Waals surface area contributed by atoms with Crippen LogP contribution in [0.25, 0.3) is 0 Å². The van der Waals surface area contributed by atoms with Crippen molar-refractivity contribution in [1.82, 2.24) is 14.5 Å². The summed E-state index contributed by atoms with van der Waals surface area (Å²) in [5, 5.41) is 3.11. The van der Waals surface area contributed by atoms with Gasteiger partial charge in [0.15, 0.2) is 0 Å². The first-order valence-corrected chi connectivity index (χ1v) is 15.2. The molecule has 1 fully saturated rings. The highest BCUT2D eigenvalue weighted by Crippen LogP contribution is 2.30. The van der Waals surface area contributed by atoms with E-state index in [2.05, 4.69) is 5.32 Å². The molecular formula is C31H32FN3O5S. The average molecular weight is 578 g/mol. The minimum Gasteiger partial charge on any atom is -0.352 e. The van der Waals surface area contributed by atoms with Gasteiger partial charge in [-0.2, -0.15) is 0 Å². The van der Waals surface area contributed by atoms with Crippen molar-refractivity contribution >= 4 is 27.7 Å². The highest BCUT2D eigenvalue weighted by atomic mass is 32.2. The average Bonchev–Trinajstić information content (AvgIpc) is 3.17. The van der Waals surface area contributed by atoms with Crippen molar-refractivity contribution in [2.45, 2.75) is 62.0 Å². The van der Waals surface area contributed by atoms with Gasteiger partial charge in [-0.05, 0) is 48.2 Å². The lowest BCUT2D eigenvalue weighted by Gasteiger charge is -2.34. The molecule has 0 radical (unpaired) electrons. The highest BCUT2D eigenvalue weighted by Gasteiger charge is 2.43.